The maximum atomic E-state index is 13.4. The van der Waals surface area contributed by atoms with Crippen LogP contribution in [0.5, 0.6) is 11.5 Å². The molecule has 3 aliphatic rings. The third kappa shape index (κ3) is 3.77. The van der Waals surface area contributed by atoms with Gasteiger partial charge in [-0.15, -0.1) is 0 Å². The van der Waals surface area contributed by atoms with Crippen molar-refractivity contribution in [2.24, 2.45) is 5.92 Å². The van der Waals surface area contributed by atoms with Crippen LogP contribution < -0.4 is 20.1 Å². The third-order valence-electron chi connectivity index (χ3n) is 6.84. The lowest BCUT2D eigenvalue weighted by Gasteiger charge is -2.25. The first-order valence-corrected chi connectivity index (χ1v) is 11.8. The predicted octanol–water partition coefficient (Wildman–Crippen LogP) is 3.05. The van der Waals surface area contributed by atoms with E-state index in [1.54, 1.807) is 0 Å². The number of urea groups is 1. The minimum absolute atomic E-state index is 0.0739. The van der Waals surface area contributed by atoms with E-state index in [9.17, 15) is 14.4 Å². The minimum Gasteiger partial charge on any atom is -0.490 e. The summed E-state index contributed by atoms with van der Waals surface area (Å²) in [6.07, 6.45) is 2.02. The highest BCUT2D eigenvalue weighted by Crippen LogP contribution is 2.41. The van der Waals surface area contributed by atoms with Crippen LogP contribution in [-0.4, -0.2) is 42.5 Å². The van der Waals surface area contributed by atoms with Gasteiger partial charge in [-0.05, 0) is 47.6 Å². The van der Waals surface area contributed by atoms with E-state index in [0.29, 0.717) is 37.6 Å². The summed E-state index contributed by atoms with van der Waals surface area (Å²) in [5.41, 5.74) is 1.69. The average molecular weight is 464 g/mol. The van der Waals surface area contributed by atoms with Gasteiger partial charge >= 0.3 is 6.03 Å². The Hall–Kier alpha value is -3.55. The number of amides is 4. The van der Waals surface area contributed by atoms with Gasteiger partial charge in [0.25, 0.3) is 5.91 Å². The van der Waals surface area contributed by atoms with E-state index in [1.165, 1.54) is 0 Å². The van der Waals surface area contributed by atoms with Crippen molar-refractivity contribution in [1.29, 1.82) is 0 Å². The summed E-state index contributed by atoms with van der Waals surface area (Å²) in [6, 6.07) is 12.5. The Balaban J connectivity index is 1.32. The SMILES string of the molecule is CC(C)C(NC(=O)CN1C(=O)NC2(CCc3ccccc32)C1=O)c1ccc2c(c1)OCCCO2. The van der Waals surface area contributed by atoms with Crippen molar-refractivity contribution in [2.75, 3.05) is 19.8 Å². The number of benzene rings is 2. The zero-order valence-electron chi connectivity index (χ0n) is 19.4. The molecule has 8 nitrogen and oxygen atoms in total. The summed E-state index contributed by atoms with van der Waals surface area (Å²) in [4.78, 5) is 40.2. The molecule has 1 fully saturated rings. The van der Waals surface area contributed by atoms with Crippen molar-refractivity contribution in [3.8, 4) is 11.5 Å². The number of imide groups is 1. The van der Waals surface area contributed by atoms with E-state index >= 15 is 0 Å². The molecule has 2 heterocycles. The molecule has 2 N–H and O–H groups in total. The number of fused-ring (bicyclic) bond motifs is 3. The number of rotatable bonds is 5. The number of aryl methyl sites for hydroxylation is 1. The monoisotopic (exact) mass is 463 g/mol. The van der Waals surface area contributed by atoms with Gasteiger partial charge in [0.2, 0.25) is 5.91 Å². The van der Waals surface area contributed by atoms with Crippen LogP contribution in [0.2, 0.25) is 0 Å². The van der Waals surface area contributed by atoms with E-state index in [0.717, 1.165) is 28.0 Å². The molecule has 0 saturated carbocycles. The van der Waals surface area contributed by atoms with E-state index in [2.05, 4.69) is 10.6 Å². The van der Waals surface area contributed by atoms with Gasteiger partial charge in [-0.3, -0.25) is 14.5 Å². The highest BCUT2D eigenvalue weighted by atomic mass is 16.5. The van der Waals surface area contributed by atoms with Crippen molar-refractivity contribution in [3.63, 3.8) is 0 Å². The molecule has 8 heteroatoms. The van der Waals surface area contributed by atoms with E-state index in [4.69, 9.17) is 9.47 Å². The fraction of sp³-hybridized carbons (Fsp3) is 0.423. The first-order valence-electron chi connectivity index (χ1n) is 11.8. The summed E-state index contributed by atoms with van der Waals surface area (Å²) in [5, 5.41) is 5.88. The average Bonchev–Trinajstić information content (AvgIpc) is 3.17. The van der Waals surface area contributed by atoms with Gasteiger partial charge in [0, 0.05) is 6.42 Å². The Labute approximate surface area is 198 Å². The van der Waals surface area contributed by atoms with Crippen LogP contribution in [0.1, 0.15) is 49.4 Å². The van der Waals surface area contributed by atoms with Gasteiger partial charge in [-0.25, -0.2) is 4.79 Å². The second kappa shape index (κ2) is 8.66. The van der Waals surface area contributed by atoms with E-state index in [-0.39, 0.29) is 24.4 Å². The zero-order chi connectivity index (χ0) is 23.9. The number of ether oxygens (including phenoxy) is 2. The maximum absolute atomic E-state index is 13.4. The van der Waals surface area contributed by atoms with Gasteiger partial charge in [-0.1, -0.05) is 44.2 Å². The highest BCUT2D eigenvalue weighted by molar-refractivity contribution is 6.09. The highest BCUT2D eigenvalue weighted by Gasteiger charge is 2.55. The quantitative estimate of drug-likeness (QED) is 0.665. The molecule has 2 unspecified atom stereocenters. The molecule has 4 amide bonds. The Kier molecular flexibility index (Phi) is 5.67. The zero-order valence-corrected chi connectivity index (χ0v) is 19.4. The van der Waals surface area contributed by atoms with E-state index in [1.807, 2.05) is 56.3 Å². The number of carbonyl (C=O) groups is 3. The number of hydrogen-bond acceptors (Lipinski definition) is 5. The molecule has 0 radical (unpaired) electrons. The molecule has 1 spiro atoms. The largest absolute Gasteiger partial charge is 0.490 e. The fourth-order valence-electron chi connectivity index (χ4n) is 5.10. The summed E-state index contributed by atoms with van der Waals surface area (Å²) in [5.74, 6) is 0.666. The smallest absolute Gasteiger partial charge is 0.325 e. The Bertz CT molecular complexity index is 1150. The molecule has 1 aliphatic carbocycles. The van der Waals surface area contributed by atoms with Crippen molar-refractivity contribution < 1.29 is 23.9 Å². The second-order valence-corrected chi connectivity index (χ2v) is 9.43. The molecule has 1 saturated heterocycles. The Morgan fingerprint density at radius 1 is 1.12 bits per heavy atom. The lowest BCUT2D eigenvalue weighted by Crippen LogP contribution is -2.44. The second-order valence-electron chi connectivity index (χ2n) is 9.43. The molecule has 2 aliphatic heterocycles. The maximum Gasteiger partial charge on any atom is 0.325 e. The summed E-state index contributed by atoms with van der Waals surface area (Å²) in [6.45, 7) is 4.86. The van der Waals surface area contributed by atoms with Gasteiger partial charge in [0.05, 0.1) is 19.3 Å². The molecule has 0 bridgehead atoms. The number of nitrogens with zero attached hydrogens (tertiary/aromatic N) is 1. The van der Waals surface area contributed by atoms with Gasteiger partial charge in [-0.2, -0.15) is 0 Å². The Morgan fingerprint density at radius 2 is 1.88 bits per heavy atom. The van der Waals surface area contributed by atoms with Crippen LogP contribution in [0.15, 0.2) is 42.5 Å². The normalized spacial score (nSPS) is 21.9. The van der Waals surface area contributed by atoms with Gasteiger partial charge in [0.15, 0.2) is 11.5 Å². The lowest BCUT2D eigenvalue weighted by atomic mass is 9.92. The molecule has 178 valence electrons. The minimum atomic E-state index is -1.07. The third-order valence-corrected chi connectivity index (χ3v) is 6.84. The molecular weight excluding hydrogens is 434 g/mol. The van der Waals surface area contributed by atoms with Crippen LogP contribution in [0.25, 0.3) is 0 Å². The summed E-state index contributed by atoms with van der Waals surface area (Å²) >= 11 is 0. The summed E-state index contributed by atoms with van der Waals surface area (Å²) < 4.78 is 11.5. The van der Waals surface area contributed by atoms with Crippen molar-refractivity contribution in [3.05, 3.63) is 59.2 Å². The number of carbonyl (C=O) groups excluding carboxylic acids is 3. The predicted molar refractivity (Wildman–Crippen MR) is 124 cm³/mol. The van der Waals surface area contributed by atoms with Crippen LogP contribution in [0.4, 0.5) is 4.79 Å². The fourth-order valence-corrected chi connectivity index (χ4v) is 5.10. The molecule has 2 aromatic carbocycles. The lowest BCUT2D eigenvalue weighted by molar-refractivity contribution is -0.135. The molecular formula is C26H29N3O5. The van der Waals surface area contributed by atoms with Gasteiger partial charge < -0.3 is 20.1 Å². The number of hydrogen-bond donors (Lipinski definition) is 2. The van der Waals surface area contributed by atoms with Crippen LogP contribution in [-0.2, 0) is 21.5 Å². The first-order chi connectivity index (χ1) is 16.4. The van der Waals surface area contributed by atoms with Crippen LogP contribution in [0.3, 0.4) is 0 Å². The molecule has 34 heavy (non-hydrogen) atoms. The summed E-state index contributed by atoms with van der Waals surface area (Å²) in [7, 11) is 0. The standard InChI is InChI=1S/C26H29N3O5/c1-16(2)23(18-8-9-20-21(14-18)34-13-5-12-33-20)27-22(30)15-29-24(31)26(28-25(29)32)11-10-17-6-3-4-7-19(17)26/h3-4,6-9,14,16,23H,5,10-13,15H2,1-2H3,(H,27,30)(H,28,32). The molecule has 2 atom stereocenters. The van der Waals surface area contributed by atoms with Crippen molar-refractivity contribution >= 4 is 17.8 Å². The van der Waals surface area contributed by atoms with Gasteiger partial charge in [0.1, 0.15) is 12.1 Å². The van der Waals surface area contributed by atoms with Crippen molar-refractivity contribution in [1.82, 2.24) is 15.5 Å². The molecule has 2 aromatic rings. The van der Waals surface area contributed by atoms with E-state index < -0.39 is 17.5 Å². The van der Waals surface area contributed by atoms with Crippen LogP contribution in [0, 0.1) is 5.92 Å². The number of nitrogens with one attached hydrogen (secondary N) is 2. The topological polar surface area (TPSA) is 97.0 Å². The Morgan fingerprint density at radius 3 is 2.68 bits per heavy atom. The molecule has 0 aromatic heterocycles. The first kappa shape index (κ1) is 22.3. The molecule has 5 rings (SSSR count). The van der Waals surface area contributed by atoms with Crippen LogP contribution >= 0.6 is 0 Å². The van der Waals surface area contributed by atoms with Crippen molar-refractivity contribution in [2.45, 2.75) is 44.7 Å².